The Hall–Kier alpha value is -1.05. The molecule has 2 N–H and O–H groups in total. The number of benzene rings is 1. The Morgan fingerprint density at radius 1 is 1.17 bits per heavy atom. The maximum atomic E-state index is 12.3. The highest BCUT2D eigenvalue weighted by Gasteiger charge is 2.29. The van der Waals surface area contributed by atoms with Gasteiger partial charge < -0.3 is 10.0 Å². The zero-order chi connectivity index (χ0) is 13.8. The fourth-order valence-corrected chi connectivity index (χ4v) is 1.59. The Kier molecular flexibility index (Phi) is 5.19. The highest BCUT2D eigenvalue weighted by molar-refractivity contribution is 6.58. The topological polar surface area (TPSA) is 43.7 Å². The van der Waals surface area contributed by atoms with E-state index in [9.17, 15) is 13.2 Å². The molecule has 0 aliphatic rings. The van der Waals surface area contributed by atoms with E-state index >= 15 is 0 Å². The summed E-state index contributed by atoms with van der Waals surface area (Å²) in [6.07, 6.45) is -4.21. The van der Waals surface area contributed by atoms with Crippen LogP contribution in [0.1, 0.15) is 12.5 Å². The average Bonchev–Trinajstić information content (AvgIpc) is 2.27. The Morgan fingerprint density at radius 2 is 1.72 bits per heavy atom. The molecule has 0 radical (unpaired) electrons. The molecule has 0 saturated heterocycles. The van der Waals surface area contributed by atoms with Gasteiger partial charge in [-0.05, 0) is 17.6 Å². The molecule has 1 aromatic carbocycles. The van der Waals surface area contributed by atoms with Gasteiger partial charge in [0, 0.05) is 6.54 Å². The minimum absolute atomic E-state index is 0.178. The molecule has 0 bridgehead atoms. The summed E-state index contributed by atoms with van der Waals surface area (Å²) in [5.74, 6) is 0. The average molecular weight is 261 g/mol. The monoisotopic (exact) mass is 261 g/mol. The Bertz CT molecular complexity index is 368. The van der Waals surface area contributed by atoms with Crippen LogP contribution in [0.15, 0.2) is 24.3 Å². The summed E-state index contributed by atoms with van der Waals surface area (Å²) in [6, 6.07) is 6.16. The van der Waals surface area contributed by atoms with Gasteiger partial charge in [-0.25, -0.2) is 0 Å². The van der Waals surface area contributed by atoms with Crippen LogP contribution in [-0.4, -0.2) is 41.3 Å². The van der Waals surface area contributed by atoms with Crippen molar-refractivity contribution in [3.63, 3.8) is 0 Å². The molecule has 0 saturated carbocycles. The van der Waals surface area contributed by atoms with Crippen LogP contribution < -0.4 is 5.46 Å². The molecule has 0 atom stereocenters. The lowest BCUT2D eigenvalue weighted by Gasteiger charge is -2.22. The van der Waals surface area contributed by atoms with Gasteiger partial charge in [0.15, 0.2) is 0 Å². The molecule has 0 aliphatic carbocycles. The van der Waals surface area contributed by atoms with Crippen molar-refractivity contribution in [3.8, 4) is 0 Å². The van der Waals surface area contributed by atoms with Crippen LogP contribution in [0.2, 0.25) is 0 Å². The van der Waals surface area contributed by atoms with Crippen molar-refractivity contribution in [2.75, 3.05) is 13.1 Å². The minimum atomic E-state index is -4.21. The molecule has 0 aromatic heterocycles. The first-order valence-electron chi connectivity index (χ1n) is 5.56. The molecular weight excluding hydrogens is 246 g/mol. The molecule has 100 valence electrons. The first kappa shape index (κ1) is 15.0. The van der Waals surface area contributed by atoms with Gasteiger partial charge in [0.2, 0.25) is 0 Å². The maximum Gasteiger partial charge on any atom is 0.488 e. The zero-order valence-corrected chi connectivity index (χ0v) is 9.98. The molecule has 7 heteroatoms. The quantitative estimate of drug-likeness (QED) is 0.769. The van der Waals surface area contributed by atoms with Crippen molar-refractivity contribution in [2.45, 2.75) is 19.6 Å². The summed E-state index contributed by atoms with van der Waals surface area (Å²) in [5, 5.41) is 17.8. The number of halogens is 3. The van der Waals surface area contributed by atoms with Gasteiger partial charge >= 0.3 is 13.3 Å². The van der Waals surface area contributed by atoms with Gasteiger partial charge in [-0.1, -0.05) is 31.2 Å². The third-order valence-corrected chi connectivity index (χ3v) is 2.53. The molecule has 1 rings (SSSR count). The fraction of sp³-hybridized carbons (Fsp3) is 0.455. The SMILES string of the molecule is CCN(Cc1ccc(B(O)O)cc1)CC(F)(F)F. The van der Waals surface area contributed by atoms with Crippen molar-refractivity contribution < 1.29 is 23.2 Å². The van der Waals surface area contributed by atoms with E-state index in [2.05, 4.69) is 0 Å². The Balaban J connectivity index is 2.65. The Morgan fingerprint density at radius 3 is 2.11 bits per heavy atom. The van der Waals surface area contributed by atoms with E-state index in [4.69, 9.17) is 10.0 Å². The van der Waals surface area contributed by atoms with Crippen LogP contribution in [0, 0.1) is 0 Å². The van der Waals surface area contributed by atoms with Crippen LogP contribution in [0.25, 0.3) is 0 Å². The summed E-state index contributed by atoms with van der Waals surface area (Å²) >= 11 is 0. The van der Waals surface area contributed by atoms with E-state index < -0.39 is 19.8 Å². The van der Waals surface area contributed by atoms with E-state index in [0.29, 0.717) is 17.6 Å². The van der Waals surface area contributed by atoms with Crippen molar-refractivity contribution in [1.29, 1.82) is 0 Å². The second-order valence-electron chi connectivity index (χ2n) is 4.03. The molecule has 0 aliphatic heterocycles. The molecule has 18 heavy (non-hydrogen) atoms. The number of alkyl halides is 3. The largest absolute Gasteiger partial charge is 0.488 e. The highest BCUT2D eigenvalue weighted by Crippen LogP contribution is 2.17. The van der Waals surface area contributed by atoms with Gasteiger partial charge in [0.1, 0.15) is 0 Å². The molecule has 3 nitrogen and oxygen atoms in total. The minimum Gasteiger partial charge on any atom is -0.423 e. The molecule has 0 unspecified atom stereocenters. The van der Waals surface area contributed by atoms with Crippen LogP contribution >= 0.6 is 0 Å². The standard InChI is InChI=1S/C11H15BF3NO2/c1-2-16(8-11(13,14)15)7-9-3-5-10(6-4-9)12(17)18/h3-6,17-18H,2,7-8H2,1H3. The van der Waals surface area contributed by atoms with Crippen LogP contribution in [0.4, 0.5) is 13.2 Å². The summed E-state index contributed by atoms with van der Waals surface area (Å²) in [6.45, 7) is 1.19. The lowest BCUT2D eigenvalue weighted by molar-refractivity contribution is -0.146. The van der Waals surface area contributed by atoms with E-state index in [-0.39, 0.29) is 6.54 Å². The van der Waals surface area contributed by atoms with E-state index in [1.807, 2.05) is 0 Å². The number of hydrogen-bond acceptors (Lipinski definition) is 3. The lowest BCUT2D eigenvalue weighted by Crippen LogP contribution is -2.34. The fourth-order valence-electron chi connectivity index (χ4n) is 1.59. The summed E-state index contributed by atoms with van der Waals surface area (Å²) in [4.78, 5) is 1.27. The van der Waals surface area contributed by atoms with Gasteiger partial charge in [-0.3, -0.25) is 4.90 Å². The third kappa shape index (κ3) is 5.08. The Labute approximate surface area is 104 Å². The van der Waals surface area contributed by atoms with E-state index in [0.717, 1.165) is 0 Å². The number of rotatable bonds is 5. The smallest absolute Gasteiger partial charge is 0.423 e. The normalized spacial score (nSPS) is 11.9. The maximum absolute atomic E-state index is 12.3. The van der Waals surface area contributed by atoms with Gasteiger partial charge in [0.05, 0.1) is 6.54 Å². The first-order valence-corrected chi connectivity index (χ1v) is 5.56. The van der Waals surface area contributed by atoms with Crippen LogP contribution in [0.3, 0.4) is 0 Å². The molecule has 0 heterocycles. The zero-order valence-electron chi connectivity index (χ0n) is 9.98. The third-order valence-electron chi connectivity index (χ3n) is 2.53. The lowest BCUT2D eigenvalue weighted by atomic mass is 9.80. The number of nitrogens with zero attached hydrogens (tertiary/aromatic N) is 1. The van der Waals surface area contributed by atoms with Crippen LogP contribution in [-0.2, 0) is 6.54 Å². The summed E-state index contributed by atoms with van der Waals surface area (Å²) in [5.41, 5.74) is 1.02. The summed E-state index contributed by atoms with van der Waals surface area (Å²) < 4.78 is 36.8. The predicted molar refractivity (Wildman–Crippen MR) is 63.3 cm³/mol. The molecule has 1 aromatic rings. The van der Waals surface area contributed by atoms with E-state index in [1.54, 1.807) is 19.1 Å². The number of hydrogen-bond donors (Lipinski definition) is 2. The van der Waals surface area contributed by atoms with Crippen molar-refractivity contribution in [3.05, 3.63) is 29.8 Å². The van der Waals surface area contributed by atoms with Crippen molar-refractivity contribution >= 4 is 12.6 Å². The van der Waals surface area contributed by atoms with Crippen LogP contribution in [0.5, 0.6) is 0 Å². The summed E-state index contributed by atoms with van der Waals surface area (Å²) in [7, 11) is -1.56. The van der Waals surface area contributed by atoms with Gasteiger partial charge in [-0.2, -0.15) is 13.2 Å². The van der Waals surface area contributed by atoms with Gasteiger partial charge in [0.25, 0.3) is 0 Å². The first-order chi connectivity index (χ1) is 8.31. The van der Waals surface area contributed by atoms with E-state index in [1.165, 1.54) is 17.0 Å². The van der Waals surface area contributed by atoms with Crippen molar-refractivity contribution in [2.24, 2.45) is 0 Å². The molecule has 0 spiro atoms. The molecule has 0 fully saturated rings. The second kappa shape index (κ2) is 6.22. The second-order valence-corrected chi connectivity index (χ2v) is 4.03. The molecule has 0 amide bonds. The van der Waals surface area contributed by atoms with Crippen molar-refractivity contribution in [1.82, 2.24) is 4.90 Å². The predicted octanol–water partition coefficient (Wildman–Crippen LogP) is 0.751. The highest BCUT2D eigenvalue weighted by atomic mass is 19.4. The molecular formula is C11H15BF3NO2. The van der Waals surface area contributed by atoms with Gasteiger partial charge in [-0.15, -0.1) is 0 Å².